The van der Waals surface area contributed by atoms with Crippen molar-refractivity contribution in [2.24, 2.45) is 18.6 Å². The van der Waals surface area contributed by atoms with Gasteiger partial charge in [-0.2, -0.15) is 18.3 Å². The number of carbonyl (C=O) groups is 1. The first-order chi connectivity index (χ1) is 17.8. The number of amides is 1. The molecule has 38 heavy (non-hydrogen) atoms. The summed E-state index contributed by atoms with van der Waals surface area (Å²) >= 11 is 0. The number of nitrogens with two attached hydrogens (primary N) is 2. The molecule has 12 heteroatoms. The number of carbonyl (C=O) groups excluding carboxylic acids is 1. The Morgan fingerprint density at radius 2 is 1.97 bits per heavy atom. The lowest BCUT2D eigenvalue weighted by Crippen LogP contribution is -2.27. The van der Waals surface area contributed by atoms with Gasteiger partial charge in [0.25, 0.3) is 5.91 Å². The van der Waals surface area contributed by atoms with Gasteiger partial charge >= 0.3 is 6.18 Å². The standard InChI is InChI=1S/C26H30F3N7O2/c1-15-4-5-17(8-24(15)36(31)14-23(30)22-12-32-34(3)16(22)2)25(38)33-19-9-18(26(27,28)29)10-20(11-19)35-7-6-21(37)13-35/h4-5,8-12,14,21,37H,6-7,13,30-31H2,1-3H3,(H,33,38)/b23-14-. The van der Waals surface area contributed by atoms with Gasteiger partial charge in [0.15, 0.2) is 0 Å². The number of nitrogens with one attached hydrogen (secondary N) is 1. The average molecular weight is 530 g/mol. The molecule has 1 aliphatic heterocycles. The second kappa shape index (κ2) is 10.4. The van der Waals surface area contributed by atoms with Crippen LogP contribution in [0.3, 0.4) is 0 Å². The Labute approximate surface area is 218 Å². The van der Waals surface area contributed by atoms with E-state index in [0.29, 0.717) is 29.9 Å². The molecule has 2 heterocycles. The fourth-order valence-electron chi connectivity index (χ4n) is 4.31. The first-order valence-electron chi connectivity index (χ1n) is 11.9. The van der Waals surface area contributed by atoms with Crippen molar-refractivity contribution < 1.29 is 23.1 Å². The minimum absolute atomic E-state index is 0.0101. The number of aliphatic hydroxyl groups is 1. The summed E-state index contributed by atoms with van der Waals surface area (Å²) in [7, 11) is 1.79. The summed E-state index contributed by atoms with van der Waals surface area (Å²) in [5.41, 5.74) is 8.95. The highest BCUT2D eigenvalue weighted by molar-refractivity contribution is 6.05. The number of aromatic nitrogens is 2. The number of rotatable bonds is 6. The highest BCUT2D eigenvalue weighted by Gasteiger charge is 2.32. The van der Waals surface area contributed by atoms with Crippen molar-refractivity contribution in [1.29, 1.82) is 0 Å². The van der Waals surface area contributed by atoms with Crippen molar-refractivity contribution in [3.8, 4) is 0 Å². The number of anilines is 3. The van der Waals surface area contributed by atoms with Crippen LogP contribution in [0, 0.1) is 13.8 Å². The third-order valence-corrected chi connectivity index (χ3v) is 6.61. The van der Waals surface area contributed by atoms with Crippen LogP contribution < -0.4 is 26.8 Å². The molecule has 0 spiro atoms. The van der Waals surface area contributed by atoms with Crippen LogP contribution in [0.25, 0.3) is 5.70 Å². The molecule has 1 saturated heterocycles. The first-order valence-corrected chi connectivity index (χ1v) is 11.9. The molecule has 4 rings (SSSR count). The second-order valence-electron chi connectivity index (χ2n) is 9.37. The Hall–Kier alpha value is -4.03. The van der Waals surface area contributed by atoms with Gasteiger partial charge in [-0.15, -0.1) is 0 Å². The largest absolute Gasteiger partial charge is 0.416 e. The van der Waals surface area contributed by atoms with Crippen LogP contribution in [0.5, 0.6) is 0 Å². The molecule has 9 nitrogen and oxygen atoms in total. The normalized spacial score (nSPS) is 16.2. The van der Waals surface area contributed by atoms with Crippen LogP contribution >= 0.6 is 0 Å². The minimum atomic E-state index is -4.61. The van der Waals surface area contributed by atoms with Gasteiger partial charge in [-0.3, -0.25) is 14.5 Å². The van der Waals surface area contributed by atoms with E-state index >= 15 is 0 Å². The smallest absolute Gasteiger partial charge is 0.397 e. The third kappa shape index (κ3) is 5.76. The third-order valence-electron chi connectivity index (χ3n) is 6.61. The van der Waals surface area contributed by atoms with E-state index in [4.69, 9.17) is 11.6 Å². The van der Waals surface area contributed by atoms with Crippen LogP contribution in [0.2, 0.25) is 0 Å². The van der Waals surface area contributed by atoms with Gasteiger partial charge in [0.05, 0.1) is 29.2 Å². The fourth-order valence-corrected chi connectivity index (χ4v) is 4.31. The molecule has 0 saturated carbocycles. The van der Waals surface area contributed by atoms with Crippen molar-refractivity contribution in [2.75, 3.05) is 28.3 Å². The molecule has 1 aromatic heterocycles. The predicted octanol–water partition coefficient (Wildman–Crippen LogP) is 3.52. The van der Waals surface area contributed by atoms with Crippen LogP contribution in [0.15, 0.2) is 48.8 Å². The number of nitrogens with zero attached hydrogens (tertiary/aromatic N) is 4. The van der Waals surface area contributed by atoms with Crippen LogP contribution in [0.4, 0.5) is 30.2 Å². The van der Waals surface area contributed by atoms with E-state index in [1.165, 1.54) is 23.3 Å². The molecule has 1 atom stereocenters. The summed E-state index contributed by atoms with van der Waals surface area (Å²) in [4.78, 5) is 14.7. The molecule has 0 radical (unpaired) electrons. The van der Waals surface area contributed by atoms with Gasteiger partial charge in [0.2, 0.25) is 0 Å². The number of hydrazine groups is 1. The molecule has 0 bridgehead atoms. The second-order valence-corrected chi connectivity index (χ2v) is 9.37. The van der Waals surface area contributed by atoms with Crippen molar-refractivity contribution in [2.45, 2.75) is 32.5 Å². The molecular formula is C26H30F3N7O2. The van der Waals surface area contributed by atoms with E-state index in [2.05, 4.69) is 10.4 Å². The molecule has 6 N–H and O–H groups in total. The predicted molar refractivity (Wildman–Crippen MR) is 140 cm³/mol. The summed E-state index contributed by atoms with van der Waals surface area (Å²) in [6, 6.07) is 8.16. The quantitative estimate of drug-likeness (QED) is 0.284. The Balaban J connectivity index is 1.60. The summed E-state index contributed by atoms with van der Waals surface area (Å²) in [5.74, 6) is 5.64. The Morgan fingerprint density at radius 3 is 2.58 bits per heavy atom. The van der Waals surface area contributed by atoms with E-state index in [-0.39, 0.29) is 23.5 Å². The van der Waals surface area contributed by atoms with Gasteiger partial charge in [-0.25, -0.2) is 5.84 Å². The summed E-state index contributed by atoms with van der Waals surface area (Å²) in [5, 5.41) is 17.8. The van der Waals surface area contributed by atoms with Crippen molar-refractivity contribution >= 4 is 28.7 Å². The molecule has 1 fully saturated rings. The summed E-state index contributed by atoms with van der Waals surface area (Å²) in [6.07, 6.45) is -1.63. The first kappa shape index (κ1) is 27.0. The topological polar surface area (TPSA) is 126 Å². The van der Waals surface area contributed by atoms with E-state index < -0.39 is 23.8 Å². The molecular weight excluding hydrogens is 499 g/mol. The number of benzene rings is 2. The number of halogens is 3. The Bertz CT molecular complexity index is 1380. The lowest BCUT2D eigenvalue weighted by atomic mass is 10.1. The Kier molecular flexibility index (Phi) is 7.38. The van der Waals surface area contributed by atoms with Crippen molar-refractivity contribution in [3.63, 3.8) is 0 Å². The zero-order valence-corrected chi connectivity index (χ0v) is 21.3. The van der Waals surface area contributed by atoms with Gasteiger partial charge in [-0.05, 0) is 56.2 Å². The van der Waals surface area contributed by atoms with Gasteiger partial charge in [0, 0.05) is 54.5 Å². The maximum absolute atomic E-state index is 13.6. The van der Waals surface area contributed by atoms with Crippen molar-refractivity contribution in [3.05, 3.63) is 76.7 Å². The monoisotopic (exact) mass is 529 g/mol. The van der Waals surface area contributed by atoms with Crippen LogP contribution in [0.1, 0.15) is 39.2 Å². The lowest BCUT2D eigenvalue weighted by Gasteiger charge is -2.21. The van der Waals surface area contributed by atoms with E-state index in [0.717, 1.165) is 23.4 Å². The number of alkyl halides is 3. The zero-order chi connectivity index (χ0) is 27.8. The zero-order valence-electron chi connectivity index (χ0n) is 21.3. The van der Waals surface area contributed by atoms with Crippen LogP contribution in [-0.2, 0) is 13.2 Å². The summed E-state index contributed by atoms with van der Waals surface area (Å²) in [6.45, 7) is 4.31. The van der Waals surface area contributed by atoms with Crippen molar-refractivity contribution in [1.82, 2.24) is 9.78 Å². The van der Waals surface area contributed by atoms with E-state index in [1.54, 1.807) is 41.9 Å². The molecule has 1 amide bonds. The number of β-amino-alcohol motifs (C(OH)–C–C–N with tert-alkyl or cyclic N) is 1. The van der Waals surface area contributed by atoms with Crippen LogP contribution in [-0.4, -0.2) is 40.0 Å². The minimum Gasteiger partial charge on any atom is -0.397 e. The SMILES string of the molecule is Cc1ccc(C(=O)Nc2cc(N3CCC(O)C3)cc(C(F)(F)F)c2)cc1N(N)/C=C(\N)c1cnn(C)c1C. The summed E-state index contributed by atoms with van der Waals surface area (Å²) < 4.78 is 42.4. The maximum atomic E-state index is 13.6. The van der Waals surface area contributed by atoms with E-state index in [1.807, 2.05) is 6.92 Å². The fraction of sp³-hybridized carbons (Fsp3) is 0.308. The molecule has 3 aromatic rings. The molecule has 1 aliphatic rings. The highest BCUT2D eigenvalue weighted by Crippen LogP contribution is 2.35. The number of hydrogen-bond acceptors (Lipinski definition) is 7. The Morgan fingerprint density at radius 1 is 1.24 bits per heavy atom. The number of aryl methyl sites for hydroxylation is 2. The molecule has 2 aromatic carbocycles. The molecule has 1 unspecified atom stereocenters. The van der Waals surface area contributed by atoms with Gasteiger partial charge in [0.1, 0.15) is 0 Å². The average Bonchev–Trinajstić information content (AvgIpc) is 3.43. The number of hydrogen-bond donors (Lipinski definition) is 4. The lowest BCUT2D eigenvalue weighted by molar-refractivity contribution is -0.137. The maximum Gasteiger partial charge on any atom is 0.416 e. The van der Waals surface area contributed by atoms with Gasteiger partial charge < -0.3 is 21.1 Å². The van der Waals surface area contributed by atoms with E-state index in [9.17, 15) is 23.1 Å². The number of aliphatic hydroxyl groups excluding tert-OH is 1. The highest BCUT2D eigenvalue weighted by atomic mass is 19.4. The molecule has 0 aliphatic carbocycles. The molecule has 202 valence electrons. The van der Waals surface area contributed by atoms with Gasteiger partial charge in [-0.1, -0.05) is 6.07 Å².